The number of benzene rings is 2. The highest BCUT2D eigenvalue weighted by Gasteiger charge is 2.20. The van der Waals surface area contributed by atoms with Crippen molar-refractivity contribution in [1.82, 2.24) is 14.9 Å². The first-order chi connectivity index (χ1) is 13.0. The maximum atomic E-state index is 13.2. The van der Waals surface area contributed by atoms with Crippen molar-refractivity contribution in [2.24, 2.45) is 0 Å². The van der Waals surface area contributed by atoms with E-state index in [9.17, 15) is 9.59 Å². The van der Waals surface area contributed by atoms with Gasteiger partial charge in [-0.05, 0) is 37.6 Å². The number of fused-ring (bicyclic) bond motifs is 1. The number of hydrogen-bond donors (Lipinski definition) is 1. The third-order valence-electron chi connectivity index (χ3n) is 4.17. The van der Waals surface area contributed by atoms with Crippen LogP contribution in [-0.4, -0.2) is 27.3 Å². The van der Waals surface area contributed by atoms with Gasteiger partial charge < -0.3 is 5.32 Å². The molecule has 138 valence electrons. The number of rotatable bonds is 6. The van der Waals surface area contributed by atoms with Gasteiger partial charge >= 0.3 is 0 Å². The molecule has 1 aromatic heterocycles. The van der Waals surface area contributed by atoms with E-state index in [-0.39, 0.29) is 11.5 Å². The van der Waals surface area contributed by atoms with Gasteiger partial charge in [-0.15, -0.1) is 6.58 Å². The largest absolute Gasteiger partial charge is 0.352 e. The number of hydrogen-bond acceptors (Lipinski definition) is 4. The van der Waals surface area contributed by atoms with Gasteiger partial charge in [0, 0.05) is 6.54 Å². The summed E-state index contributed by atoms with van der Waals surface area (Å²) in [6, 6.07) is 14.9. The molecule has 6 heteroatoms. The zero-order valence-corrected chi connectivity index (χ0v) is 16.1. The summed E-state index contributed by atoms with van der Waals surface area (Å²) in [7, 11) is 0. The van der Waals surface area contributed by atoms with E-state index in [2.05, 4.69) is 16.9 Å². The zero-order valence-electron chi connectivity index (χ0n) is 15.3. The van der Waals surface area contributed by atoms with Crippen LogP contribution in [0, 0.1) is 6.92 Å². The minimum Gasteiger partial charge on any atom is -0.352 e. The molecule has 2 aromatic carbocycles. The minimum absolute atomic E-state index is 0.126. The van der Waals surface area contributed by atoms with E-state index in [0.717, 1.165) is 11.3 Å². The average Bonchev–Trinajstić information content (AvgIpc) is 2.67. The van der Waals surface area contributed by atoms with E-state index in [1.54, 1.807) is 23.6 Å². The van der Waals surface area contributed by atoms with Crippen LogP contribution in [-0.2, 0) is 4.79 Å². The topological polar surface area (TPSA) is 64.0 Å². The van der Waals surface area contributed by atoms with Crippen LogP contribution in [0.1, 0.15) is 12.5 Å². The Balaban J connectivity index is 2.14. The first kappa shape index (κ1) is 18.9. The minimum atomic E-state index is -0.409. The van der Waals surface area contributed by atoms with Crippen LogP contribution < -0.4 is 10.9 Å². The molecule has 3 rings (SSSR count). The molecule has 1 amide bonds. The van der Waals surface area contributed by atoms with Gasteiger partial charge in [-0.2, -0.15) is 0 Å². The summed E-state index contributed by atoms with van der Waals surface area (Å²) in [5.74, 6) is -0.126. The van der Waals surface area contributed by atoms with Gasteiger partial charge in [0.2, 0.25) is 5.91 Å². The van der Waals surface area contributed by atoms with E-state index < -0.39 is 5.25 Å². The Morgan fingerprint density at radius 1 is 1.26 bits per heavy atom. The molecule has 0 spiro atoms. The van der Waals surface area contributed by atoms with E-state index in [1.165, 1.54) is 11.8 Å². The molecule has 0 aliphatic carbocycles. The second-order valence-electron chi connectivity index (χ2n) is 6.13. The van der Waals surface area contributed by atoms with Crippen molar-refractivity contribution in [3.63, 3.8) is 0 Å². The van der Waals surface area contributed by atoms with Crippen molar-refractivity contribution < 1.29 is 4.79 Å². The lowest BCUT2D eigenvalue weighted by Gasteiger charge is -2.17. The van der Waals surface area contributed by atoms with Gasteiger partial charge in [-0.25, -0.2) is 4.98 Å². The monoisotopic (exact) mass is 379 g/mol. The van der Waals surface area contributed by atoms with Gasteiger partial charge in [0.05, 0.1) is 21.8 Å². The summed E-state index contributed by atoms with van der Waals surface area (Å²) >= 11 is 1.27. The van der Waals surface area contributed by atoms with Gasteiger partial charge in [0.1, 0.15) is 0 Å². The first-order valence-corrected chi connectivity index (χ1v) is 9.54. The maximum Gasteiger partial charge on any atom is 0.266 e. The Morgan fingerprint density at radius 3 is 2.70 bits per heavy atom. The Labute approximate surface area is 162 Å². The second kappa shape index (κ2) is 8.22. The van der Waals surface area contributed by atoms with E-state index >= 15 is 0 Å². The zero-order chi connectivity index (χ0) is 19.4. The molecule has 5 nitrogen and oxygen atoms in total. The molecule has 0 radical (unpaired) electrons. The quantitative estimate of drug-likeness (QED) is 0.405. The van der Waals surface area contributed by atoms with Crippen LogP contribution >= 0.6 is 11.8 Å². The van der Waals surface area contributed by atoms with Crippen LogP contribution in [0.15, 0.2) is 71.1 Å². The Morgan fingerprint density at radius 2 is 1.96 bits per heavy atom. The van der Waals surface area contributed by atoms with Crippen LogP contribution in [0.25, 0.3) is 16.6 Å². The number of aromatic nitrogens is 2. The molecule has 3 aromatic rings. The lowest BCUT2D eigenvalue weighted by molar-refractivity contribution is -0.120. The van der Waals surface area contributed by atoms with Crippen molar-refractivity contribution in [1.29, 1.82) is 0 Å². The number of para-hydroxylation sites is 2. The summed E-state index contributed by atoms with van der Waals surface area (Å²) < 4.78 is 1.60. The molecule has 0 bridgehead atoms. The molecule has 0 aliphatic heterocycles. The van der Waals surface area contributed by atoms with Crippen molar-refractivity contribution in [2.45, 2.75) is 24.3 Å². The van der Waals surface area contributed by atoms with Crippen LogP contribution in [0.3, 0.4) is 0 Å². The van der Waals surface area contributed by atoms with Gasteiger partial charge in [0.15, 0.2) is 5.16 Å². The third-order valence-corrected chi connectivity index (χ3v) is 5.23. The smallest absolute Gasteiger partial charge is 0.266 e. The predicted octanol–water partition coefficient (Wildman–Crippen LogP) is 3.48. The highest BCUT2D eigenvalue weighted by atomic mass is 32.2. The van der Waals surface area contributed by atoms with Crippen molar-refractivity contribution in [3.05, 3.63) is 77.1 Å². The Hall–Kier alpha value is -2.86. The van der Waals surface area contributed by atoms with Crippen molar-refractivity contribution >= 4 is 28.6 Å². The van der Waals surface area contributed by atoms with Crippen LogP contribution in [0.5, 0.6) is 0 Å². The molecule has 0 aliphatic rings. The lowest BCUT2D eigenvalue weighted by Crippen LogP contribution is -2.32. The maximum absolute atomic E-state index is 13.2. The van der Waals surface area contributed by atoms with Gasteiger partial charge in [-0.1, -0.05) is 48.2 Å². The lowest BCUT2D eigenvalue weighted by atomic mass is 10.2. The molecule has 0 saturated carbocycles. The fourth-order valence-electron chi connectivity index (χ4n) is 2.75. The summed E-state index contributed by atoms with van der Waals surface area (Å²) in [5.41, 5.74) is 2.20. The van der Waals surface area contributed by atoms with Crippen LogP contribution in [0.2, 0.25) is 0 Å². The first-order valence-electron chi connectivity index (χ1n) is 8.66. The highest BCUT2D eigenvalue weighted by Crippen LogP contribution is 2.26. The molecule has 27 heavy (non-hydrogen) atoms. The molecular weight excluding hydrogens is 358 g/mol. The normalized spacial score (nSPS) is 11.9. The number of nitrogens with zero attached hydrogens (tertiary/aromatic N) is 2. The van der Waals surface area contributed by atoms with E-state index in [0.29, 0.717) is 22.6 Å². The Kier molecular flexibility index (Phi) is 5.76. The standard InChI is InChI=1S/C21H21N3O2S/c1-4-13-22-19(25)15(3)27-21-23-17-11-7-6-10-16(17)20(26)24(21)18-12-8-5-9-14(18)2/h4-12,15H,1,13H2,2-3H3,(H,22,25). The summed E-state index contributed by atoms with van der Waals surface area (Å²) in [4.78, 5) is 30.2. The fourth-order valence-corrected chi connectivity index (χ4v) is 3.69. The third kappa shape index (κ3) is 3.95. The van der Waals surface area contributed by atoms with Crippen molar-refractivity contribution in [2.75, 3.05) is 6.54 Å². The predicted molar refractivity (Wildman–Crippen MR) is 111 cm³/mol. The molecule has 0 saturated heterocycles. The van der Waals surface area contributed by atoms with Crippen LogP contribution in [0.4, 0.5) is 0 Å². The number of carbonyl (C=O) groups is 1. The fraction of sp³-hybridized carbons (Fsp3) is 0.190. The van der Waals surface area contributed by atoms with Crippen molar-refractivity contribution in [3.8, 4) is 5.69 Å². The molecule has 0 fully saturated rings. The summed E-state index contributed by atoms with van der Waals surface area (Å²) in [6.45, 7) is 7.76. The molecule has 1 heterocycles. The SMILES string of the molecule is C=CCNC(=O)C(C)Sc1nc2ccccc2c(=O)n1-c1ccccc1C. The summed E-state index contributed by atoms with van der Waals surface area (Å²) in [5, 5.41) is 3.42. The highest BCUT2D eigenvalue weighted by molar-refractivity contribution is 8.00. The molecule has 1 unspecified atom stereocenters. The number of nitrogens with one attached hydrogen (secondary N) is 1. The molecule has 1 N–H and O–H groups in total. The molecular formula is C21H21N3O2S. The molecule has 1 atom stereocenters. The second-order valence-corrected chi connectivity index (χ2v) is 7.44. The number of carbonyl (C=O) groups excluding carboxylic acids is 1. The van der Waals surface area contributed by atoms with Gasteiger partial charge in [-0.3, -0.25) is 14.2 Å². The number of aryl methyl sites for hydroxylation is 1. The Bertz CT molecular complexity index is 1060. The average molecular weight is 379 g/mol. The number of thioether (sulfide) groups is 1. The van der Waals surface area contributed by atoms with Gasteiger partial charge in [0.25, 0.3) is 5.56 Å². The van der Waals surface area contributed by atoms with E-state index in [1.807, 2.05) is 49.4 Å². The summed E-state index contributed by atoms with van der Waals surface area (Å²) in [6.07, 6.45) is 1.63. The number of amides is 1. The van der Waals surface area contributed by atoms with E-state index in [4.69, 9.17) is 0 Å².